The fourth-order valence-corrected chi connectivity index (χ4v) is 3.24. The second-order valence-electron chi connectivity index (χ2n) is 7.64. The van der Waals surface area contributed by atoms with Gasteiger partial charge in [0.25, 0.3) is 0 Å². The lowest BCUT2D eigenvalue weighted by Gasteiger charge is -2.12. The fraction of sp³-hybridized carbons (Fsp3) is 0.207. The Morgan fingerprint density at radius 1 is 0.879 bits per heavy atom. The van der Waals surface area contributed by atoms with Crippen LogP contribution in [0.15, 0.2) is 72.8 Å². The Balaban J connectivity index is 1.90. The molecule has 0 aromatic heterocycles. The topological polar surface area (TPSA) is 44.8 Å². The number of benzene rings is 3. The van der Waals surface area contributed by atoms with Gasteiger partial charge in [0.15, 0.2) is 5.78 Å². The Bertz CT molecular complexity index is 1110. The first-order chi connectivity index (χ1) is 16.0. The third-order valence-corrected chi connectivity index (χ3v) is 5.31. The van der Waals surface area contributed by atoms with Gasteiger partial charge in [-0.15, -0.1) is 0 Å². The van der Waals surface area contributed by atoms with E-state index in [-0.39, 0.29) is 11.9 Å². The number of rotatable bonds is 10. The van der Waals surface area contributed by atoms with Crippen molar-refractivity contribution in [2.75, 3.05) is 14.2 Å². The highest BCUT2D eigenvalue weighted by Gasteiger charge is 2.10. The summed E-state index contributed by atoms with van der Waals surface area (Å²) in [6.45, 7) is 4.16. The van der Waals surface area contributed by atoms with Gasteiger partial charge in [-0.2, -0.15) is 0 Å². The molecule has 0 bridgehead atoms. The van der Waals surface area contributed by atoms with Crippen LogP contribution in [0.2, 0.25) is 0 Å². The molecule has 3 aromatic carbocycles. The van der Waals surface area contributed by atoms with Crippen LogP contribution in [0.25, 0.3) is 18.2 Å². The van der Waals surface area contributed by atoms with Crippen LogP contribution >= 0.6 is 0 Å². The number of allylic oxidation sites excluding steroid dienone is 1. The summed E-state index contributed by atoms with van der Waals surface area (Å²) in [5, 5.41) is 0. The predicted octanol–water partition coefficient (Wildman–Crippen LogP) is 6.95. The number of hydrogen-bond acceptors (Lipinski definition) is 4. The molecule has 1 unspecified atom stereocenters. The lowest BCUT2D eigenvalue weighted by atomic mass is 10.0. The van der Waals surface area contributed by atoms with Crippen LogP contribution in [0.1, 0.15) is 47.3 Å². The van der Waals surface area contributed by atoms with E-state index in [1.54, 1.807) is 38.5 Å². The Morgan fingerprint density at radius 3 is 2.24 bits per heavy atom. The van der Waals surface area contributed by atoms with E-state index in [0.29, 0.717) is 17.1 Å². The first-order valence-electron chi connectivity index (χ1n) is 11.0. The van der Waals surface area contributed by atoms with Gasteiger partial charge in [-0.1, -0.05) is 61.5 Å². The predicted molar refractivity (Wildman–Crippen MR) is 135 cm³/mol. The van der Waals surface area contributed by atoms with E-state index in [2.05, 4.69) is 13.8 Å². The minimum Gasteiger partial charge on any atom is -0.497 e. The number of methoxy groups -OCH3 is 2. The van der Waals surface area contributed by atoms with Crippen LogP contribution < -0.4 is 14.2 Å². The molecule has 0 amide bonds. The van der Waals surface area contributed by atoms with Crippen molar-refractivity contribution in [3.63, 3.8) is 0 Å². The van der Waals surface area contributed by atoms with E-state index < -0.39 is 0 Å². The van der Waals surface area contributed by atoms with E-state index in [9.17, 15) is 4.79 Å². The Hall–Kier alpha value is -3.79. The van der Waals surface area contributed by atoms with E-state index in [4.69, 9.17) is 14.2 Å². The highest BCUT2D eigenvalue weighted by molar-refractivity contribution is 6.07. The van der Waals surface area contributed by atoms with E-state index in [0.717, 1.165) is 28.9 Å². The van der Waals surface area contributed by atoms with Crippen LogP contribution in [-0.2, 0) is 0 Å². The molecule has 1 atom stereocenters. The van der Waals surface area contributed by atoms with Crippen LogP contribution in [-0.4, -0.2) is 26.1 Å². The summed E-state index contributed by atoms with van der Waals surface area (Å²) in [7, 11) is 3.22. The van der Waals surface area contributed by atoms with Gasteiger partial charge >= 0.3 is 0 Å². The Morgan fingerprint density at radius 2 is 1.61 bits per heavy atom. The van der Waals surface area contributed by atoms with E-state index >= 15 is 0 Å². The maximum Gasteiger partial charge on any atom is 0.185 e. The molecule has 0 aliphatic rings. The highest BCUT2D eigenvalue weighted by Crippen LogP contribution is 2.31. The first kappa shape index (κ1) is 23.9. The van der Waals surface area contributed by atoms with Crippen LogP contribution in [0.4, 0.5) is 0 Å². The van der Waals surface area contributed by atoms with Crippen molar-refractivity contribution in [2.45, 2.75) is 26.4 Å². The summed E-state index contributed by atoms with van der Waals surface area (Å²) in [6.07, 6.45) is 8.50. The van der Waals surface area contributed by atoms with Crippen LogP contribution in [0, 0.1) is 0 Å². The molecule has 0 N–H and O–H groups in total. The molecule has 4 nitrogen and oxygen atoms in total. The Labute approximate surface area is 196 Å². The minimum atomic E-state index is -0.0692. The molecule has 33 heavy (non-hydrogen) atoms. The lowest BCUT2D eigenvalue weighted by molar-refractivity contribution is 0.104. The van der Waals surface area contributed by atoms with Crippen molar-refractivity contribution < 1.29 is 19.0 Å². The minimum absolute atomic E-state index is 0.0692. The van der Waals surface area contributed by atoms with Crippen molar-refractivity contribution in [3.8, 4) is 17.2 Å². The molecule has 0 saturated carbocycles. The number of carbonyl (C=O) groups is 1. The monoisotopic (exact) mass is 442 g/mol. The molecule has 0 heterocycles. The average Bonchev–Trinajstić information content (AvgIpc) is 2.87. The number of carbonyl (C=O) groups excluding carboxylic acids is 1. The van der Waals surface area contributed by atoms with E-state index in [1.807, 2.05) is 66.7 Å². The van der Waals surface area contributed by atoms with Crippen molar-refractivity contribution in [3.05, 3.63) is 95.1 Å². The van der Waals surface area contributed by atoms with Gasteiger partial charge in [-0.05, 0) is 54.8 Å². The van der Waals surface area contributed by atoms with Crippen molar-refractivity contribution in [1.29, 1.82) is 0 Å². The molecule has 0 radical (unpaired) electrons. The molecule has 0 spiro atoms. The van der Waals surface area contributed by atoms with Crippen LogP contribution in [0.5, 0.6) is 17.2 Å². The number of ketones is 1. The zero-order valence-corrected chi connectivity index (χ0v) is 19.6. The van der Waals surface area contributed by atoms with E-state index in [1.165, 1.54) is 0 Å². The largest absolute Gasteiger partial charge is 0.497 e. The van der Waals surface area contributed by atoms with Gasteiger partial charge in [-0.25, -0.2) is 0 Å². The van der Waals surface area contributed by atoms with Gasteiger partial charge in [0.05, 0.1) is 20.3 Å². The van der Waals surface area contributed by atoms with Gasteiger partial charge in [-0.3, -0.25) is 4.79 Å². The first-order valence-corrected chi connectivity index (χ1v) is 11.0. The lowest BCUT2D eigenvalue weighted by Crippen LogP contribution is -2.09. The molecular formula is C29H30O4. The molecule has 170 valence electrons. The average molecular weight is 443 g/mol. The van der Waals surface area contributed by atoms with Crippen molar-refractivity contribution in [1.82, 2.24) is 0 Å². The molecular weight excluding hydrogens is 412 g/mol. The summed E-state index contributed by atoms with van der Waals surface area (Å²) in [5.41, 5.74) is 3.35. The SMILES string of the molecule is CCC(C)Oc1ccc(/C=C/c2cc(OC)cc(OC)c2/C=C/C(=O)c2ccccc2)cc1. The summed E-state index contributed by atoms with van der Waals surface area (Å²) in [4.78, 5) is 12.6. The van der Waals surface area contributed by atoms with Crippen molar-refractivity contribution >= 4 is 24.0 Å². The summed E-state index contributed by atoms with van der Waals surface area (Å²) in [5.74, 6) is 2.09. The number of ether oxygens (including phenoxy) is 3. The van der Waals surface area contributed by atoms with Crippen molar-refractivity contribution in [2.24, 2.45) is 0 Å². The molecule has 0 fully saturated rings. The maximum absolute atomic E-state index is 12.6. The highest BCUT2D eigenvalue weighted by atomic mass is 16.5. The second kappa shape index (κ2) is 11.7. The molecule has 3 aromatic rings. The normalized spacial score (nSPS) is 12.1. The Kier molecular flexibility index (Phi) is 8.48. The van der Waals surface area contributed by atoms with Gasteiger partial charge in [0.1, 0.15) is 17.2 Å². The zero-order valence-electron chi connectivity index (χ0n) is 19.6. The summed E-state index contributed by atoms with van der Waals surface area (Å²) in [6, 6.07) is 20.9. The molecule has 0 aliphatic heterocycles. The maximum atomic E-state index is 12.6. The molecule has 3 rings (SSSR count). The second-order valence-corrected chi connectivity index (χ2v) is 7.64. The molecule has 4 heteroatoms. The summed E-state index contributed by atoms with van der Waals surface area (Å²) >= 11 is 0. The van der Waals surface area contributed by atoms with Gasteiger partial charge < -0.3 is 14.2 Å². The summed E-state index contributed by atoms with van der Waals surface area (Å²) < 4.78 is 16.9. The smallest absolute Gasteiger partial charge is 0.185 e. The third kappa shape index (κ3) is 6.59. The quantitative estimate of drug-likeness (QED) is 0.194. The molecule has 0 aliphatic carbocycles. The zero-order chi connectivity index (χ0) is 23.6. The fourth-order valence-electron chi connectivity index (χ4n) is 3.24. The third-order valence-electron chi connectivity index (χ3n) is 5.31. The van der Waals surface area contributed by atoms with Gasteiger partial charge in [0, 0.05) is 17.2 Å². The standard InChI is InChI=1S/C29H30O4/c1-5-21(2)33-25-15-12-22(13-16-25)11-14-24-19-26(31-3)20-29(32-4)27(24)17-18-28(30)23-9-7-6-8-10-23/h6-21H,5H2,1-4H3/b14-11+,18-17+. The van der Waals surface area contributed by atoms with Crippen LogP contribution in [0.3, 0.4) is 0 Å². The number of hydrogen-bond donors (Lipinski definition) is 0. The van der Waals surface area contributed by atoms with Gasteiger partial charge in [0.2, 0.25) is 0 Å². The molecule has 0 saturated heterocycles.